The molecule has 0 spiro atoms. The fourth-order valence-electron chi connectivity index (χ4n) is 1.28. The zero-order chi connectivity index (χ0) is 17.7. The van der Waals surface area contributed by atoms with Crippen molar-refractivity contribution < 1.29 is 32.2 Å². The minimum Gasteiger partial charge on any atom is -0.428 e. The quantitative estimate of drug-likeness (QED) is 0.348. The zero-order valence-corrected chi connectivity index (χ0v) is 14.8. The summed E-state index contributed by atoms with van der Waals surface area (Å²) in [5.74, 6) is 0.438. The van der Waals surface area contributed by atoms with Gasteiger partial charge < -0.3 is 14.2 Å². The van der Waals surface area contributed by atoms with Gasteiger partial charge in [0.2, 0.25) is 0 Å². The van der Waals surface area contributed by atoms with Gasteiger partial charge in [-0.2, -0.15) is 0 Å². The molecule has 0 aromatic heterocycles. The largest absolute Gasteiger partial charge is 0.524 e. The lowest BCUT2D eigenvalue weighted by molar-refractivity contribution is 0.00147. The van der Waals surface area contributed by atoms with Gasteiger partial charge in [-0.25, -0.2) is 18.0 Å². The molecule has 0 fully saturated rings. The molecule has 0 N–H and O–H groups in total. The van der Waals surface area contributed by atoms with Crippen LogP contribution >= 0.6 is 10.8 Å². The van der Waals surface area contributed by atoms with Crippen LogP contribution in [-0.2, 0) is 24.1 Å². The van der Waals surface area contributed by atoms with Gasteiger partial charge in [0, 0.05) is 12.0 Å². The summed E-state index contributed by atoms with van der Waals surface area (Å²) in [6.07, 6.45) is -1.23. The molecule has 0 aliphatic rings. The van der Waals surface area contributed by atoms with E-state index in [9.17, 15) is 18.0 Å². The molecular formula is C14H18O7S2. The van der Waals surface area contributed by atoms with E-state index in [-0.39, 0.29) is 11.5 Å². The highest BCUT2D eigenvalue weighted by Crippen LogP contribution is 2.20. The maximum atomic E-state index is 11.4. The summed E-state index contributed by atoms with van der Waals surface area (Å²) in [5, 5.41) is 0. The molecule has 0 atom stereocenters. The van der Waals surface area contributed by atoms with Crippen LogP contribution in [0.4, 0.5) is 9.59 Å². The second kappa shape index (κ2) is 7.69. The predicted molar refractivity (Wildman–Crippen MR) is 85.9 cm³/mol. The third kappa shape index (κ3) is 9.09. The van der Waals surface area contributed by atoms with Crippen molar-refractivity contribution in [2.45, 2.75) is 32.1 Å². The SMILES string of the molecule is CC(C)(C)OC(=O)OC(=O)Oc1ccc(CSS(C)(=O)=O)cc1. The molecule has 0 unspecified atom stereocenters. The van der Waals surface area contributed by atoms with Gasteiger partial charge in [0.1, 0.15) is 11.4 Å². The molecule has 0 radical (unpaired) electrons. The van der Waals surface area contributed by atoms with Crippen LogP contribution in [0.2, 0.25) is 0 Å². The van der Waals surface area contributed by atoms with Crippen LogP contribution in [-0.4, -0.2) is 32.6 Å². The Morgan fingerprint density at radius 1 is 1.09 bits per heavy atom. The maximum absolute atomic E-state index is 11.4. The van der Waals surface area contributed by atoms with E-state index in [2.05, 4.69) is 4.74 Å². The molecule has 9 heteroatoms. The van der Waals surface area contributed by atoms with Crippen molar-refractivity contribution in [3.8, 4) is 5.75 Å². The zero-order valence-electron chi connectivity index (χ0n) is 13.2. The van der Waals surface area contributed by atoms with Gasteiger partial charge in [-0.3, -0.25) is 0 Å². The van der Waals surface area contributed by atoms with E-state index in [1.807, 2.05) is 0 Å². The molecule has 7 nitrogen and oxygen atoms in total. The fraction of sp³-hybridized carbons (Fsp3) is 0.429. The van der Waals surface area contributed by atoms with Gasteiger partial charge in [-0.1, -0.05) is 12.1 Å². The van der Waals surface area contributed by atoms with Crippen molar-refractivity contribution in [1.82, 2.24) is 0 Å². The monoisotopic (exact) mass is 362 g/mol. The summed E-state index contributed by atoms with van der Waals surface area (Å²) >= 11 is 0. The highest BCUT2D eigenvalue weighted by atomic mass is 33.1. The van der Waals surface area contributed by atoms with Crippen molar-refractivity contribution >= 4 is 32.0 Å². The molecule has 0 heterocycles. The Hall–Kier alpha value is -1.74. The Kier molecular flexibility index (Phi) is 6.46. The number of hydrogen-bond acceptors (Lipinski definition) is 8. The molecular weight excluding hydrogens is 344 g/mol. The first-order valence-corrected chi connectivity index (χ1v) is 9.90. The second-order valence-electron chi connectivity index (χ2n) is 5.53. The highest BCUT2D eigenvalue weighted by Gasteiger charge is 2.21. The average molecular weight is 362 g/mol. The smallest absolute Gasteiger partial charge is 0.428 e. The number of carbonyl (C=O) groups excluding carboxylic acids is 2. The lowest BCUT2D eigenvalue weighted by Gasteiger charge is -2.17. The van der Waals surface area contributed by atoms with E-state index < -0.39 is 26.8 Å². The number of rotatable bonds is 4. The average Bonchev–Trinajstić information content (AvgIpc) is 2.34. The first-order chi connectivity index (χ1) is 10.4. The maximum Gasteiger partial charge on any atom is 0.524 e. The minimum absolute atomic E-state index is 0.159. The van der Waals surface area contributed by atoms with Crippen LogP contribution in [0.5, 0.6) is 5.75 Å². The minimum atomic E-state index is -3.12. The van der Waals surface area contributed by atoms with Gasteiger partial charge in [-0.15, -0.1) is 0 Å². The molecule has 0 saturated carbocycles. The fourth-order valence-corrected chi connectivity index (χ4v) is 2.88. The van der Waals surface area contributed by atoms with Crippen LogP contribution in [0.15, 0.2) is 24.3 Å². The highest BCUT2D eigenvalue weighted by molar-refractivity contribution is 8.71. The standard InChI is InChI=1S/C14H18O7S2/c1-14(2,3)21-13(16)20-12(15)19-11-7-5-10(6-8-11)9-22-23(4,17)18/h5-8H,9H2,1-4H3. The van der Waals surface area contributed by atoms with Crippen LogP contribution in [0.3, 0.4) is 0 Å². The van der Waals surface area contributed by atoms with Crippen molar-refractivity contribution in [2.24, 2.45) is 0 Å². The summed E-state index contributed by atoms with van der Waals surface area (Å²) in [4.78, 5) is 22.7. The summed E-state index contributed by atoms with van der Waals surface area (Å²) in [7, 11) is -2.32. The first-order valence-electron chi connectivity index (χ1n) is 6.50. The Balaban J connectivity index is 2.51. The Labute approximate surface area is 138 Å². The normalized spacial score (nSPS) is 11.7. The van der Waals surface area contributed by atoms with Crippen molar-refractivity contribution in [1.29, 1.82) is 0 Å². The summed E-state index contributed by atoms with van der Waals surface area (Å²) in [5.41, 5.74) is -0.0377. The van der Waals surface area contributed by atoms with Gasteiger partial charge in [0.25, 0.3) is 0 Å². The molecule has 0 saturated heterocycles. The van der Waals surface area contributed by atoms with Crippen LogP contribution in [0.25, 0.3) is 0 Å². The van der Waals surface area contributed by atoms with Crippen LogP contribution < -0.4 is 4.74 Å². The van der Waals surface area contributed by atoms with E-state index in [1.165, 1.54) is 12.1 Å². The molecule has 128 valence electrons. The van der Waals surface area contributed by atoms with E-state index in [4.69, 9.17) is 9.47 Å². The Bertz CT molecular complexity index is 657. The van der Waals surface area contributed by atoms with E-state index in [0.717, 1.165) is 22.6 Å². The second-order valence-corrected chi connectivity index (χ2v) is 9.99. The molecule has 0 amide bonds. The Morgan fingerprint density at radius 3 is 2.13 bits per heavy atom. The summed E-state index contributed by atoms with van der Waals surface area (Å²) in [6, 6.07) is 6.14. The molecule has 1 rings (SSSR count). The third-order valence-corrected chi connectivity index (χ3v) is 4.64. The van der Waals surface area contributed by atoms with Crippen molar-refractivity contribution in [3.63, 3.8) is 0 Å². The third-order valence-electron chi connectivity index (χ3n) is 2.12. The van der Waals surface area contributed by atoms with Crippen LogP contribution in [0, 0.1) is 0 Å². The van der Waals surface area contributed by atoms with Gasteiger partial charge in [0.05, 0.1) is 0 Å². The topological polar surface area (TPSA) is 96.0 Å². The number of hydrogen-bond donors (Lipinski definition) is 0. The predicted octanol–water partition coefficient (Wildman–Crippen LogP) is 3.33. The van der Waals surface area contributed by atoms with Gasteiger partial charge >= 0.3 is 12.3 Å². The van der Waals surface area contributed by atoms with E-state index in [1.54, 1.807) is 32.9 Å². The van der Waals surface area contributed by atoms with Crippen molar-refractivity contribution in [3.05, 3.63) is 29.8 Å². The summed E-state index contributed by atoms with van der Waals surface area (Å²) in [6.45, 7) is 4.90. The number of benzene rings is 1. The molecule has 1 aromatic rings. The van der Waals surface area contributed by atoms with Crippen LogP contribution in [0.1, 0.15) is 26.3 Å². The molecule has 0 aliphatic carbocycles. The first kappa shape index (κ1) is 19.3. The number of carbonyl (C=O) groups is 2. The molecule has 0 bridgehead atoms. The van der Waals surface area contributed by atoms with Gasteiger partial charge in [-0.05, 0) is 49.3 Å². The van der Waals surface area contributed by atoms with Gasteiger partial charge in [0.15, 0.2) is 8.87 Å². The lowest BCUT2D eigenvalue weighted by Crippen LogP contribution is -2.27. The lowest BCUT2D eigenvalue weighted by atomic mass is 10.2. The molecule has 1 aromatic carbocycles. The van der Waals surface area contributed by atoms with Crippen molar-refractivity contribution in [2.75, 3.05) is 6.26 Å². The van der Waals surface area contributed by atoms with E-state index >= 15 is 0 Å². The van der Waals surface area contributed by atoms with E-state index in [0.29, 0.717) is 0 Å². The number of ether oxygens (including phenoxy) is 3. The Morgan fingerprint density at radius 2 is 1.65 bits per heavy atom. The molecule has 0 aliphatic heterocycles. The molecule has 23 heavy (non-hydrogen) atoms. The summed E-state index contributed by atoms with van der Waals surface area (Å²) < 4.78 is 36.1.